The molecule has 0 bridgehead atoms. The Labute approximate surface area is 127 Å². The van der Waals surface area contributed by atoms with Gasteiger partial charge in [0, 0.05) is 31.8 Å². The van der Waals surface area contributed by atoms with E-state index >= 15 is 0 Å². The average molecular weight is 292 g/mol. The van der Waals surface area contributed by atoms with Gasteiger partial charge in [0.2, 0.25) is 0 Å². The molecule has 4 nitrogen and oxygen atoms in total. The number of likely N-dealkylation sites (tertiary alicyclic amines) is 1. The van der Waals surface area contributed by atoms with Gasteiger partial charge >= 0.3 is 0 Å². The van der Waals surface area contributed by atoms with E-state index in [4.69, 9.17) is 9.15 Å². The molecule has 1 aliphatic carbocycles. The Morgan fingerprint density at radius 2 is 2.19 bits per heavy atom. The van der Waals surface area contributed by atoms with Gasteiger partial charge in [-0.3, -0.25) is 4.90 Å². The highest BCUT2D eigenvalue weighted by atomic mass is 16.5. The van der Waals surface area contributed by atoms with E-state index in [1.54, 1.807) is 0 Å². The van der Waals surface area contributed by atoms with E-state index in [9.17, 15) is 0 Å². The normalized spacial score (nSPS) is 27.2. The largest absolute Gasteiger partial charge is 0.465 e. The van der Waals surface area contributed by atoms with E-state index in [-0.39, 0.29) is 0 Å². The van der Waals surface area contributed by atoms with Crippen molar-refractivity contribution in [3.05, 3.63) is 23.2 Å². The van der Waals surface area contributed by atoms with Crippen LogP contribution >= 0.6 is 0 Å². The van der Waals surface area contributed by atoms with Crippen molar-refractivity contribution in [3.63, 3.8) is 0 Å². The van der Waals surface area contributed by atoms with E-state index < -0.39 is 0 Å². The van der Waals surface area contributed by atoms with Crippen LogP contribution in [0.2, 0.25) is 0 Å². The first-order valence-electron chi connectivity index (χ1n) is 8.22. The van der Waals surface area contributed by atoms with Gasteiger partial charge in [0.15, 0.2) is 0 Å². The molecule has 2 atom stereocenters. The molecule has 2 fully saturated rings. The number of furan rings is 1. The van der Waals surface area contributed by atoms with Crippen molar-refractivity contribution in [2.75, 3.05) is 20.2 Å². The SMILES string of the molecule is COC1CN(Cc2cc(CNC3CC3)oc2C)CCC1C. The van der Waals surface area contributed by atoms with Gasteiger partial charge in [0.1, 0.15) is 11.5 Å². The molecule has 4 heteroatoms. The van der Waals surface area contributed by atoms with Gasteiger partial charge in [-0.05, 0) is 44.7 Å². The lowest BCUT2D eigenvalue weighted by Crippen LogP contribution is -2.43. The number of nitrogens with zero attached hydrogens (tertiary/aromatic N) is 1. The molecule has 21 heavy (non-hydrogen) atoms. The predicted octanol–water partition coefficient (Wildman–Crippen LogP) is 2.70. The van der Waals surface area contributed by atoms with Crippen molar-refractivity contribution in [3.8, 4) is 0 Å². The maximum atomic E-state index is 5.89. The molecule has 118 valence electrons. The van der Waals surface area contributed by atoms with Crippen LogP contribution in [0.25, 0.3) is 0 Å². The van der Waals surface area contributed by atoms with Crippen molar-refractivity contribution in [1.29, 1.82) is 0 Å². The van der Waals surface area contributed by atoms with Crippen LogP contribution in [0, 0.1) is 12.8 Å². The van der Waals surface area contributed by atoms with E-state index in [1.165, 1.54) is 24.8 Å². The van der Waals surface area contributed by atoms with Crippen LogP contribution in [0.1, 0.15) is 43.3 Å². The fourth-order valence-electron chi connectivity index (χ4n) is 3.15. The van der Waals surface area contributed by atoms with Gasteiger partial charge in [-0.1, -0.05) is 6.92 Å². The highest BCUT2D eigenvalue weighted by Crippen LogP contribution is 2.24. The lowest BCUT2D eigenvalue weighted by atomic mass is 9.95. The zero-order valence-corrected chi connectivity index (χ0v) is 13.5. The summed E-state index contributed by atoms with van der Waals surface area (Å²) in [5.74, 6) is 2.80. The van der Waals surface area contributed by atoms with Crippen LogP contribution in [0.15, 0.2) is 10.5 Å². The summed E-state index contributed by atoms with van der Waals surface area (Å²) in [4.78, 5) is 2.49. The Morgan fingerprint density at radius 1 is 1.38 bits per heavy atom. The summed E-state index contributed by atoms with van der Waals surface area (Å²) >= 11 is 0. The van der Waals surface area contributed by atoms with Crippen molar-refractivity contribution >= 4 is 0 Å². The van der Waals surface area contributed by atoms with Crippen LogP contribution in [0.3, 0.4) is 0 Å². The summed E-state index contributed by atoms with van der Waals surface area (Å²) in [6.45, 7) is 8.39. The number of methoxy groups -OCH3 is 1. The van der Waals surface area contributed by atoms with Gasteiger partial charge in [-0.15, -0.1) is 0 Å². The minimum absolute atomic E-state index is 0.363. The van der Waals surface area contributed by atoms with E-state index in [0.717, 1.165) is 43.7 Å². The molecule has 1 saturated carbocycles. The summed E-state index contributed by atoms with van der Waals surface area (Å²) in [6.07, 6.45) is 4.21. The van der Waals surface area contributed by atoms with E-state index in [0.29, 0.717) is 12.0 Å². The van der Waals surface area contributed by atoms with Crippen LogP contribution in [-0.2, 0) is 17.8 Å². The van der Waals surface area contributed by atoms with Crippen LogP contribution in [0.5, 0.6) is 0 Å². The molecule has 1 saturated heterocycles. The number of rotatable bonds is 6. The first kappa shape index (κ1) is 15.1. The summed E-state index contributed by atoms with van der Waals surface area (Å²) < 4.78 is 11.5. The van der Waals surface area contributed by atoms with Gasteiger partial charge < -0.3 is 14.5 Å². The Bertz CT molecular complexity index is 467. The highest BCUT2D eigenvalue weighted by Gasteiger charge is 2.27. The predicted molar refractivity (Wildman–Crippen MR) is 83.2 cm³/mol. The molecule has 0 aromatic carbocycles. The first-order valence-corrected chi connectivity index (χ1v) is 8.22. The van der Waals surface area contributed by atoms with E-state index in [2.05, 4.69) is 30.1 Å². The summed E-state index contributed by atoms with van der Waals surface area (Å²) in [7, 11) is 1.83. The Balaban J connectivity index is 1.56. The molecular weight excluding hydrogens is 264 g/mol. The van der Waals surface area contributed by atoms with Gasteiger partial charge in [-0.25, -0.2) is 0 Å². The van der Waals surface area contributed by atoms with Gasteiger partial charge in [0.25, 0.3) is 0 Å². The highest BCUT2D eigenvalue weighted by molar-refractivity contribution is 5.21. The van der Waals surface area contributed by atoms with Crippen LogP contribution < -0.4 is 5.32 Å². The van der Waals surface area contributed by atoms with Gasteiger partial charge in [0.05, 0.1) is 12.6 Å². The molecular formula is C17H28N2O2. The third-order valence-electron chi connectivity index (χ3n) is 4.88. The number of piperidine rings is 1. The maximum Gasteiger partial charge on any atom is 0.118 e. The lowest BCUT2D eigenvalue weighted by molar-refractivity contribution is -0.00755. The van der Waals surface area contributed by atoms with Crippen LogP contribution in [0.4, 0.5) is 0 Å². The van der Waals surface area contributed by atoms with Crippen LogP contribution in [-0.4, -0.2) is 37.2 Å². The Kier molecular flexibility index (Phi) is 4.67. The van der Waals surface area contributed by atoms with E-state index in [1.807, 2.05) is 7.11 Å². The minimum atomic E-state index is 0.363. The first-order chi connectivity index (χ1) is 10.2. The number of ether oxygens (including phenoxy) is 1. The second-order valence-electron chi connectivity index (χ2n) is 6.72. The Morgan fingerprint density at radius 3 is 2.90 bits per heavy atom. The van der Waals surface area contributed by atoms with Crippen molar-refractivity contribution in [1.82, 2.24) is 10.2 Å². The molecule has 0 amide bonds. The standard InChI is InChI=1S/C17H28N2O2/c1-12-6-7-19(11-17(12)20-3)10-14-8-16(21-13(14)2)9-18-15-4-5-15/h8,12,15,17-18H,4-7,9-11H2,1-3H3. The number of nitrogens with one attached hydrogen (secondary N) is 1. The summed E-state index contributed by atoms with van der Waals surface area (Å²) in [5.41, 5.74) is 1.33. The fourth-order valence-corrected chi connectivity index (χ4v) is 3.15. The summed E-state index contributed by atoms with van der Waals surface area (Å²) in [6, 6.07) is 2.95. The lowest BCUT2D eigenvalue weighted by Gasteiger charge is -2.36. The van der Waals surface area contributed by atoms with Crippen molar-refractivity contribution in [2.45, 2.75) is 58.3 Å². The topological polar surface area (TPSA) is 37.6 Å². The second kappa shape index (κ2) is 6.51. The van der Waals surface area contributed by atoms with Crippen molar-refractivity contribution < 1.29 is 9.15 Å². The molecule has 2 unspecified atom stereocenters. The third-order valence-corrected chi connectivity index (χ3v) is 4.88. The minimum Gasteiger partial charge on any atom is -0.465 e. The quantitative estimate of drug-likeness (QED) is 0.875. The van der Waals surface area contributed by atoms with Crippen molar-refractivity contribution in [2.24, 2.45) is 5.92 Å². The number of hydrogen-bond acceptors (Lipinski definition) is 4. The Hall–Kier alpha value is -0.840. The second-order valence-corrected chi connectivity index (χ2v) is 6.72. The number of hydrogen-bond donors (Lipinski definition) is 1. The average Bonchev–Trinajstić information content (AvgIpc) is 3.24. The molecule has 1 aliphatic heterocycles. The molecule has 0 spiro atoms. The summed E-state index contributed by atoms with van der Waals surface area (Å²) in [5, 5.41) is 3.51. The molecule has 1 aromatic rings. The molecule has 1 aromatic heterocycles. The molecule has 0 radical (unpaired) electrons. The molecule has 2 aliphatic rings. The zero-order valence-electron chi connectivity index (χ0n) is 13.5. The molecule has 3 rings (SSSR count). The molecule has 2 heterocycles. The molecule has 1 N–H and O–H groups in total. The third kappa shape index (κ3) is 3.87. The zero-order chi connectivity index (χ0) is 14.8. The smallest absolute Gasteiger partial charge is 0.118 e. The number of aryl methyl sites for hydroxylation is 1. The van der Waals surface area contributed by atoms with Gasteiger partial charge in [-0.2, -0.15) is 0 Å². The fraction of sp³-hybridized carbons (Fsp3) is 0.765. The monoisotopic (exact) mass is 292 g/mol. The maximum absolute atomic E-state index is 5.89.